The van der Waals surface area contributed by atoms with Crippen LogP contribution in [0.15, 0.2) is 52.0 Å². The van der Waals surface area contributed by atoms with Crippen LogP contribution >= 0.6 is 23.1 Å². The minimum absolute atomic E-state index is 0.104. The molecule has 1 amide bonds. The zero-order chi connectivity index (χ0) is 18.8. The number of carbonyl (C=O) groups is 1. The molecule has 0 atom stereocenters. The average Bonchev–Trinajstić information content (AvgIpc) is 3.31. The Kier molecular flexibility index (Phi) is 4.73. The number of H-pyrrole nitrogens is 1. The number of benzene rings is 1. The number of hydrogen-bond acceptors (Lipinski definition) is 7. The maximum atomic E-state index is 12.3. The third-order valence-corrected chi connectivity index (χ3v) is 5.28. The molecule has 0 fully saturated rings. The molecule has 27 heavy (non-hydrogen) atoms. The van der Waals surface area contributed by atoms with Crippen molar-refractivity contribution in [3.63, 3.8) is 0 Å². The van der Waals surface area contributed by atoms with Crippen molar-refractivity contribution in [3.8, 4) is 5.69 Å². The fourth-order valence-corrected chi connectivity index (χ4v) is 3.62. The van der Waals surface area contributed by atoms with Gasteiger partial charge in [0.15, 0.2) is 15.9 Å². The average molecular weight is 398 g/mol. The molecule has 0 aliphatic rings. The molecule has 0 bridgehead atoms. The summed E-state index contributed by atoms with van der Waals surface area (Å²) in [6.07, 6.45) is 3.11. The van der Waals surface area contributed by atoms with Crippen LogP contribution in [0, 0.1) is 6.92 Å². The van der Waals surface area contributed by atoms with Gasteiger partial charge in [-0.25, -0.2) is 14.6 Å². The fraction of sp³-hybridized carbons (Fsp3) is 0.118. The third kappa shape index (κ3) is 3.76. The van der Waals surface area contributed by atoms with Crippen LogP contribution < -0.4 is 10.9 Å². The number of thioether (sulfide) groups is 1. The van der Waals surface area contributed by atoms with Gasteiger partial charge in [0.25, 0.3) is 5.56 Å². The highest BCUT2D eigenvalue weighted by Gasteiger charge is 2.13. The number of amides is 1. The van der Waals surface area contributed by atoms with Crippen molar-refractivity contribution in [2.45, 2.75) is 12.1 Å². The quantitative estimate of drug-likeness (QED) is 0.395. The van der Waals surface area contributed by atoms with Gasteiger partial charge < -0.3 is 10.3 Å². The number of aromatic amines is 1. The molecule has 8 nitrogen and oxygen atoms in total. The van der Waals surface area contributed by atoms with Gasteiger partial charge >= 0.3 is 0 Å². The zero-order valence-corrected chi connectivity index (χ0v) is 15.8. The second-order valence-corrected chi connectivity index (χ2v) is 7.53. The molecule has 4 rings (SSSR count). The van der Waals surface area contributed by atoms with E-state index in [-0.39, 0.29) is 17.2 Å². The Hall–Kier alpha value is -2.98. The first-order valence-electron chi connectivity index (χ1n) is 7.97. The molecule has 0 spiro atoms. The van der Waals surface area contributed by atoms with Crippen LogP contribution in [-0.2, 0) is 4.79 Å². The number of fused-ring (bicyclic) bond motifs is 1. The molecule has 3 heterocycles. The lowest BCUT2D eigenvalue weighted by molar-refractivity contribution is -0.113. The van der Waals surface area contributed by atoms with Crippen molar-refractivity contribution >= 4 is 45.2 Å². The van der Waals surface area contributed by atoms with E-state index in [9.17, 15) is 9.59 Å². The van der Waals surface area contributed by atoms with Crippen LogP contribution in [-0.4, -0.2) is 36.4 Å². The van der Waals surface area contributed by atoms with Crippen LogP contribution in [0.4, 0.5) is 5.13 Å². The van der Waals surface area contributed by atoms with Gasteiger partial charge in [0.2, 0.25) is 5.91 Å². The van der Waals surface area contributed by atoms with Crippen molar-refractivity contribution in [3.05, 3.63) is 58.0 Å². The highest BCUT2D eigenvalue weighted by Crippen LogP contribution is 2.19. The van der Waals surface area contributed by atoms with E-state index in [2.05, 4.69) is 25.4 Å². The van der Waals surface area contributed by atoms with E-state index in [1.807, 2.05) is 31.2 Å². The molecule has 0 saturated heterocycles. The highest BCUT2D eigenvalue weighted by atomic mass is 32.2. The molecule has 3 aromatic heterocycles. The Bertz CT molecular complexity index is 1150. The molecule has 1 aromatic carbocycles. The van der Waals surface area contributed by atoms with Gasteiger partial charge in [0.05, 0.1) is 17.6 Å². The summed E-state index contributed by atoms with van der Waals surface area (Å²) in [6, 6.07) is 7.77. The number of hydrogen-bond donors (Lipinski definition) is 2. The number of carbonyl (C=O) groups excluding carboxylic acids is 1. The summed E-state index contributed by atoms with van der Waals surface area (Å²) < 4.78 is 1.61. The van der Waals surface area contributed by atoms with E-state index in [0.717, 1.165) is 23.0 Å². The molecule has 0 aliphatic carbocycles. The zero-order valence-electron chi connectivity index (χ0n) is 14.2. The van der Waals surface area contributed by atoms with Crippen LogP contribution in [0.3, 0.4) is 0 Å². The van der Waals surface area contributed by atoms with E-state index in [4.69, 9.17) is 0 Å². The Morgan fingerprint density at radius 1 is 1.33 bits per heavy atom. The highest BCUT2D eigenvalue weighted by molar-refractivity contribution is 7.99. The minimum atomic E-state index is -0.291. The van der Waals surface area contributed by atoms with E-state index in [1.165, 1.54) is 17.5 Å². The number of nitrogens with zero attached hydrogens (tertiary/aromatic N) is 4. The smallest absolute Gasteiger partial charge is 0.262 e. The predicted molar refractivity (Wildman–Crippen MR) is 106 cm³/mol. The lowest BCUT2D eigenvalue weighted by Crippen LogP contribution is -2.15. The molecule has 0 unspecified atom stereocenters. The first kappa shape index (κ1) is 17.4. The molecular weight excluding hydrogens is 384 g/mol. The van der Waals surface area contributed by atoms with Crippen molar-refractivity contribution in [2.24, 2.45) is 0 Å². The molecule has 0 saturated carbocycles. The van der Waals surface area contributed by atoms with Gasteiger partial charge in [-0.05, 0) is 19.1 Å². The normalized spacial score (nSPS) is 11.0. The molecule has 10 heteroatoms. The lowest BCUT2D eigenvalue weighted by atomic mass is 10.2. The largest absolute Gasteiger partial charge is 0.301 e. The molecule has 4 aromatic rings. The minimum Gasteiger partial charge on any atom is -0.301 e. The number of thiazole rings is 1. The van der Waals surface area contributed by atoms with Gasteiger partial charge in [-0.15, -0.1) is 11.3 Å². The summed E-state index contributed by atoms with van der Waals surface area (Å²) in [4.78, 5) is 35.5. The molecule has 2 N–H and O–H groups in total. The summed E-state index contributed by atoms with van der Waals surface area (Å²) in [5, 5.41) is 10.0. The second-order valence-electron chi connectivity index (χ2n) is 5.67. The SMILES string of the molecule is Cc1ccc(-n2ncc3c(=O)[nH]c(SCC(=O)Nc4nccs4)nc32)cc1. The number of rotatable bonds is 5. The predicted octanol–water partition coefficient (Wildman–Crippen LogP) is 2.60. The summed E-state index contributed by atoms with van der Waals surface area (Å²) in [5.41, 5.74) is 2.10. The van der Waals surface area contributed by atoms with E-state index < -0.39 is 0 Å². The fourth-order valence-electron chi connectivity index (χ4n) is 2.42. The first-order valence-corrected chi connectivity index (χ1v) is 9.84. The van der Waals surface area contributed by atoms with E-state index >= 15 is 0 Å². The number of aromatic nitrogens is 5. The Morgan fingerprint density at radius 3 is 2.89 bits per heavy atom. The van der Waals surface area contributed by atoms with Gasteiger partial charge in [-0.3, -0.25) is 9.59 Å². The molecular formula is C17H14N6O2S2. The number of aryl methyl sites for hydroxylation is 1. The Morgan fingerprint density at radius 2 is 2.15 bits per heavy atom. The summed E-state index contributed by atoms with van der Waals surface area (Å²) in [7, 11) is 0. The van der Waals surface area contributed by atoms with Gasteiger partial charge in [-0.1, -0.05) is 29.5 Å². The van der Waals surface area contributed by atoms with Crippen molar-refractivity contribution in [2.75, 3.05) is 11.1 Å². The summed E-state index contributed by atoms with van der Waals surface area (Å²) >= 11 is 2.49. The topological polar surface area (TPSA) is 106 Å². The summed E-state index contributed by atoms with van der Waals surface area (Å²) in [5.74, 6) is -0.114. The van der Waals surface area contributed by atoms with Crippen LogP contribution in [0.5, 0.6) is 0 Å². The monoisotopic (exact) mass is 398 g/mol. The van der Waals surface area contributed by atoms with Crippen molar-refractivity contribution in [1.29, 1.82) is 0 Å². The molecule has 136 valence electrons. The number of anilines is 1. The van der Waals surface area contributed by atoms with Gasteiger partial charge in [0, 0.05) is 11.6 Å². The first-order chi connectivity index (χ1) is 13.1. The lowest BCUT2D eigenvalue weighted by Gasteiger charge is -2.05. The van der Waals surface area contributed by atoms with Gasteiger partial charge in [-0.2, -0.15) is 5.10 Å². The Balaban J connectivity index is 1.58. The van der Waals surface area contributed by atoms with E-state index in [0.29, 0.717) is 21.3 Å². The maximum absolute atomic E-state index is 12.3. The van der Waals surface area contributed by atoms with Crippen molar-refractivity contribution in [1.82, 2.24) is 24.7 Å². The molecule has 0 aliphatic heterocycles. The van der Waals surface area contributed by atoms with Crippen molar-refractivity contribution < 1.29 is 4.79 Å². The number of nitrogens with one attached hydrogen (secondary N) is 2. The summed E-state index contributed by atoms with van der Waals surface area (Å²) in [6.45, 7) is 2.00. The maximum Gasteiger partial charge on any atom is 0.262 e. The second kappa shape index (κ2) is 7.33. The third-order valence-electron chi connectivity index (χ3n) is 3.71. The van der Waals surface area contributed by atoms with Crippen LogP contribution in [0.2, 0.25) is 0 Å². The standard InChI is InChI=1S/C17H14N6O2S2/c1-10-2-4-11(5-3-10)23-14-12(8-19-23)15(25)22-17(21-14)27-9-13(24)20-16-18-6-7-26-16/h2-8H,9H2,1H3,(H,18,20,24)(H,21,22,25). The van der Waals surface area contributed by atoms with Crippen LogP contribution in [0.1, 0.15) is 5.56 Å². The molecule has 0 radical (unpaired) electrons. The van der Waals surface area contributed by atoms with E-state index in [1.54, 1.807) is 16.3 Å². The Labute approximate surface area is 161 Å². The van der Waals surface area contributed by atoms with Gasteiger partial charge in [0.1, 0.15) is 5.39 Å². The van der Waals surface area contributed by atoms with Crippen LogP contribution in [0.25, 0.3) is 16.7 Å².